The number of carbonyl (C=O) groups is 2. The van der Waals surface area contributed by atoms with Gasteiger partial charge in [-0.1, -0.05) is 0 Å². The number of nitrogens with two attached hydrogens (primary N) is 1. The predicted molar refractivity (Wildman–Crippen MR) is 105 cm³/mol. The van der Waals surface area contributed by atoms with E-state index in [0.29, 0.717) is 38.3 Å². The Hall–Kier alpha value is -1.06. The first-order chi connectivity index (χ1) is 11.1. The second-order valence-electron chi connectivity index (χ2n) is 5.77. The highest BCUT2D eigenvalue weighted by atomic mass is 127. The molecule has 24 heavy (non-hydrogen) atoms. The summed E-state index contributed by atoms with van der Waals surface area (Å²) in [5, 5.41) is 3.28. The van der Waals surface area contributed by atoms with Gasteiger partial charge in [0.05, 0.1) is 6.61 Å². The van der Waals surface area contributed by atoms with Crippen LogP contribution < -0.4 is 11.1 Å². The highest BCUT2D eigenvalue weighted by Gasteiger charge is 2.23. The summed E-state index contributed by atoms with van der Waals surface area (Å²) >= 11 is 0. The number of halogens is 1. The van der Waals surface area contributed by atoms with Gasteiger partial charge in [0, 0.05) is 39.0 Å². The second kappa shape index (κ2) is 13.3. The fourth-order valence-electron chi connectivity index (χ4n) is 2.78. The van der Waals surface area contributed by atoms with Gasteiger partial charge in [0.1, 0.15) is 0 Å². The second-order valence-corrected chi connectivity index (χ2v) is 5.77. The highest BCUT2D eigenvalue weighted by Crippen LogP contribution is 2.19. The van der Waals surface area contributed by atoms with Gasteiger partial charge >= 0.3 is 5.97 Å². The Morgan fingerprint density at radius 3 is 2.75 bits per heavy atom. The van der Waals surface area contributed by atoms with Crippen LogP contribution in [0, 0.1) is 5.92 Å². The molecule has 0 bridgehead atoms. The van der Waals surface area contributed by atoms with Crippen LogP contribution in [0.5, 0.6) is 0 Å². The third-order valence-corrected chi connectivity index (χ3v) is 3.75. The van der Waals surface area contributed by atoms with Gasteiger partial charge in [-0.3, -0.25) is 14.6 Å². The van der Waals surface area contributed by atoms with E-state index in [-0.39, 0.29) is 35.9 Å². The number of rotatable bonds is 8. The van der Waals surface area contributed by atoms with E-state index >= 15 is 0 Å². The number of ether oxygens (including phenoxy) is 1. The molecule has 1 amide bonds. The molecule has 1 aliphatic rings. The van der Waals surface area contributed by atoms with Gasteiger partial charge in [0.15, 0.2) is 5.96 Å². The molecule has 0 aromatic rings. The van der Waals surface area contributed by atoms with Crippen LogP contribution in [-0.4, -0.2) is 55.5 Å². The van der Waals surface area contributed by atoms with E-state index in [4.69, 9.17) is 10.5 Å². The molecule has 0 aliphatic carbocycles. The first-order valence-corrected chi connectivity index (χ1v) is 8.54. The van der Waals surface area contributed by atoms with Crippen LogP contribution in [0.3, 0.4) is 0 Å². The lowest BCUT2D eigenvalue weighted by Crippen LogP contribution is -2.47. The summed E-state index contributed by atoms with van der Waals surface area (Å²) in [6.07, 6.45) is 3.55. The van der Waals surface area contributed by atoms with Crippen molar-refractivity contribution in [3.05, 3.63) is 0 Å². The zero-order valence-corrected chi connectivity index (χ0v) is 17.1. The van der Waals surface area contributed by atoms with Crippen LogP contribution in [-0.2, 0) is 14.3 Å². The molecule has 140 valence electrons. The lowest BCUT2D eigenvalue weighted by atomic mass is 9.95. The Morgan fingerprint density at radius 1 is 1.38 bits per heavy atom. The van der Waals surface area contributed by atoms with E-state index in [2.05, 4.69) is 15.2 Å². The van der Waals surface area contributed by atoms with Crippen LogP contribution in [0.2, 0.25) is 0 Å². The summed E-state index contributed by atoms with van der Waals surface area (Å²) in [6.45, 7) is 7.34. The number of nitrogens with zero attached hydrogens (tertiary/aromatic N) is 2. The number of carbonyl (C=O) groups excluding carboxylic acids is 2. The molecular weight excluding hydrogens is 423 g/mol. The molecule has 1 heterocycles. The summed E-state index contributed by atoms with van der Waals surface area (Å²) < 4.78 is 4.91. The van der Waals surface area contributed by atoms with Gasteiger partial charge in [0.2, 0.25) is 5.91 Å². The fraction of sp³-hybridized carbons (Fsp3) is 0.812. The van der Waals surface area contributed by atoms with Gasteiger partial charge in [-0.25, -0.2) is 0 Å². The topological polar surface area (TPSA) is 97.0 Å². The van der Waals surface area contributed by atoms with Crippen LogP contribution in [0.25, 0.3) is 0 Å². The molecule has 0 saturated carbocycles. The smallest absolute Gasteiger partial charge is 0.305 e. The molecule has 1 aliphatic heterocycles. The van der Waals surface area contributed by atoms with E-state index in [0.717, 1.165) is 38.4 Å². The lowest BCUT2D eigenvalue weighted by Gasteiger charge is -2.34. The van der Waals surface area contributed by atoms with Crippen LogP contribution in [0.1, 0.15) is 46.0 Å². The molecule has 1 saturated heterocycles. The Bertz CT molecular complexity index is 418. The number of primary amides is 1. The van der Waals surface area contributed by atoms with Crippen molar-refractivity contribution in [3.8, 4) is 0 Å². The maximum Gasteiger partial charge on any atom is 0.305 e. The van der Waals surface area contributed by atoms with Crippen molar-refractivity contribution in [3.63, 3.8) is 0 Å². The molecule has 0 radical (unpaired) electrons. The van der Waals surface area contributed by atoms with E-state index in [1.165, 1.54) is 0 Å². The Labute approximate surface area is 161 Å². The number of hydrogen-bond donors (Lipinski definition) is 2. The summed E-state index contributed by atoms with van der Waals surface area (Å²) in [7, 11) is 0. The number of piperidine rings is 1. The van der Waals surface area contributed by atoms with Crippen molar-refractivity contribution in [1.29, 1.82) is 0 Å². The van der Waals surface area contributed by atoms with Crippen molar-refractivity contribution in [2.75, 3.05) is 32.8 Å². The Morgan fingerprint density at radius 2 is 2.12 bits per heavy atom. The van der Waals surface area contributed by atoms with Crippen molar-refractivity contribution in [2.24, 2.45) is 16.6 Å². The van der Waals surface area contributed by atoms with Gasteiger partial charge in [0.25, 0.3) is 0 Å². The van der Waals surface area contributed by atoms with Crippen molar-refractivity contribution < 1.29 is 14.3 Å². The largest absolute Gasteiger partial charge is 0.466 e. The van der Waals surface area contributed by atoms with E-state index in [9.17, 15) is 9.59 Å². The summed E-state index contributed by atoms with van der Waals surface area (Å²) in [4.78, 5) is 29.2. The van der Waals surface area contributed by atoms with Crippen molar-refractivity contribution in [2.45, 2.75) is 46.0 Å². The normalized spacial score (nSPS) is 17.8. The zero-order valence-electron chi connectivity index (χ0n) is 14.8. The number of esters is 1. The van der Waals surface area contributed by atoms with Crippen LogP contribution in [0.4, 0.5) is 0 Å². The summed E-state index contributed by atoms with van der Waals surface area (Å²) in [5.41, 5.74) is 5.31. The predicted octanol–water partition coefficient (Wildman–Crippen LogP) is 1.50. The molecule has 1 rings (SSSR count). The van der Waals surface area contributed by atoms with E-state index < -0.39 is 0 Å². The minimum absolute atomic E-state index is 0. The molecule has 1 unspecified atom stereocenters. The minimum atomic E-state index is -0.242. The number of aliphatic imine (C=N–C) groups is 1. The zero-order chi connectivity index (χ0) is 17.1. The Kier molecular flexibility index (Phi) is 12.7. The third kappa shape index (κ3) is 9.29. The molecule has 1 atom stereocenters. The lowest BCUT2D eigenvalue weighted by molar-refractivity contribution is -0.143. The molecule has 0 aromatic heterocycles. The molecule has 8 heteroatoms. The number of amides is 1. The summed E-state index contributed by atoms with van der Waals surface area (Å²) in [5.74, 6) is 0.732. The third-order valence-electron chi connectivity index (χ3n) is 3.75. The SMILES string of the molecule is CCNC(=NCCCC(=O)OCC)N1CCCC(CC(N)=O)C1.I. The van der Waals surface area contributed by atoms with Crippen LogP contribution in [0.15, 0.2) is 4.99 Å². The summed E-state index contributed by atoms with van der Waals surface area (Å²) in [6, 6.07) is 0. The maximum atomic E-state index is 11.3. The average Bonchev–Trinajstić information content (AvgIpc) is 2.50. The fourth-order valence-corrected chi connectivity index (χ4v) is 2.78. The van der Waals surface area contributed by atoms with Crippen LogP contribution >= 0.6 is 24.0 Å². The van der Waals surface area contributed by atoms with Gasteiger partial charge in [-0.2, -0.15) is 0 Å². The highest BCUT2D eigenvalue weighted by molar-refractivity contribution is 14.0. The molecule has 0 spiro atoms. The van der Waals surface area contributed by atoms with E-state index in [1.807, 2.05) is 6.92 Å². The molecule has 1 fully saturated rings. The van der Waals surface area contributed by atoms with Gasteiger partial charge in [-0.05, 0) is 39.0 Å². The molecular formula is C16H31IN4O3. The standard InChI is InChI=1S/C16H30N4O3.HI/c1-3-18-16(19-9-5-8-15(22)23-4-2)20-10-6-7-13(12-20)11-14(17)21;/h13H,3-12H2,1-2H3,(H2,17,21)(H,18,19);1H. The number of guanidine groups is 1. The minimum Gasteiger partial charge on any atom is -0.466 e. The monoisotopic (exact) mass is 454 g/mol. The quantitative estimate of drug-likeness (QED) is 0.191. The Balaban J connectivity index is 0.00000529. The van der Waals surface area contributed by atoms with Crippen molar-refractivity contribution in [1.82, 2.24) is 10.2 Å². The molecule has 3 N–H and O–H groups in total. The van der Waals surface area contributed by atoms with Gasteiger partial charge < -0.3 is 20.7 Å². The average molecular weight is 454 g/mol. The maximum absolute atomic E-state index is 11.3. The van der Waals surface area contributed by atoms with Crippen molar-refractivity contribution >= 4 is 41.8 Å². The number of likely N-dealkylation sites (tertiary alicyclic amines) is 1. The molecule has 0 aromatic carbocycles. The van der Waals surface area contributed by atoms with Gasteiger partial charge in [-0.15, -0.1) is 24.0 Å². The molecule has 7 nitrogen and oxygen atoms in total. The van der Waals surface area contributed by atoms with E-state index in [1.54, 1.807) is 6.92 Å². The number of hydrogen-bond acceptors (Lipinski definition) is 4. The number of nitrogens with one attached hydrogen (secondary N) is 1. The first kappa shape index (κ1) is 22.9. The first-order valence-electron chi connectivity index (χ1n) is 8.54.